The van der Waals surface area contributed by atoms with Gasteiger partial charge in [-0.05, 0) is 6.42 Å². The Morgan fingerprint density at radius 3 is 2.07 bits per heavy atom. The number of nitro groups is 1. The smallest absolute Gasteiger partial charge is 0.288 e. The van der Waals surface area contributed by atoms with E-state index in [0.717, 1.165) is 31.5 Å². The number of imide groups is 1. The maximum Gasteiger partial charge on any atom is 0.288 e. The first-order valence-electron chi connectivity index (χ1n) is 9.98. The van der Waals surface area contributed by atoms with E-state index in [1.807, 2.05) is 0 Å². The van der Waals surface area contributed by atoms with Crippen molar-refractivity contribution in [1.29, 1.82) is 0 Å². The Kier molecular flexibility index (Phi) is 11.6. The Balaban J connectivity index is 2.09. The number of rotatable bonds is 14. The van der Waals surface area contributed by atoms with Crippen LogP contribution in [0.25, 0.3) is 0 Å². The van der Waals surface area contributed by atoms with Crippen LogP contribution in [0, 0.1) is 10.1 Å². The lowest BCUT2D eigenvalue weighted by Gasteiger charge is -2.04. The minimum Gasteiger partial charge on any atom is -0.292 e. The number of carbonyl (C=O) groups is 2. The Morgan fingerprint density at radius 1 is 0.963 bits per heavy atom. The molecule has 0 saturated carbocycles. The van der Waals surface area contributed by atoms with Gasteiger partial charge in [0.15, 0.2) is 0 Å². The lowest BCUT2D eigenvalue weighted by atomic mass is 10.1. The zero-order valence-corrected chi connectivity index (χ0v) is 16.2. The minimum atomic E-state index is -0.653. The number of aromatic nitrogens is 1. The molecule has 0 aliphatic heterocycles. The number of unbranched alkanes of at least 4 members (excludes halogenated alkanes) is 10. The zero-order chi connectivity index (χ0) is 19.9. The van der Waals surface area contributed by atoms with Gasteiger partial charge in [0.25, 0.3) is 11.6 Å². The number of nitrogens with zero attached hydrogens (tertiary/aromatic N) is 2. The van der Waals surface area contributed by atoms with Gasteiger partial charge >= 0.3 is 0 Å². The Morgan fingerprint density at radius 2 is 1.52 bits per heavy atom. The molecule has 150 valence electrons. The topological polar surface area (TPSA) is 102 Å². The summed E-state index contributed by atoms with van der Waals surface area (Å²) in [5.41, 5.74) is -0.267. The highest BCUT2D eigenvalue weighted by atomic mass is 16.6. The molecule has 0 spiro atoms. The van der Waals surface area contributed by atoms with Gasteiger partial charge in [0.2, 0.25) is 5.91 Å². The maximum absolute atomic E-state index is 11.9. The summed E-state index contributed by atoms with van der Waals surface area (Å²) in [5.74, 6) is -1.01. The number of pyridine rings is 1. The van der Waals surface area contributed by atoms with Crippen LogP contribution in [0.3, 0.4) is 0 Å². The van der Waals surface area contributed by atoms with Gasteiger partial charge in [-0.25, -0.2) is 0 Å². The van der Waals surface area contributed by atoms with Gasteiger partial charge in [0.05, 0.1) is 10.5 Å². The summed E-state index contributed by atoms with van der Waals surface area (Å²) in [5, 5.41) is 12.9. The fourth-order valence-corrected chi connectivity index (χ4v) is 2.86. The third kappa shape index (κ3) is 10.4. The molecule has 0 aliphatic rings. The molecule has 7 heteroatoms. The van der Waals surface area contributed by atoms with Gasteiger partial charge in [-0.2, -0.15) is 0 Å². The number of carbonyl (C=O) groups excluding carboxylic acids is 2. The standard InChI is InChI=1S/C20H31N3O4/c1-2-3-4-5-6-7-8-9-10-11-12-13-19(24)22-20(25)17-14-18(23(26)27)16-21-15-17/h14-16H,2-13H2,1H3,(H,22,24,25). The van der Waals surface area contributed by atoms with Crippen LogP contribution in [0.4, 0.5) is 5.69 Å². The molecule has 1 N–H and O–H groups in total. The van der Waals surface area contributed by atoms with E-state index in [2.05, 4.69) is 17.2 Å². The lowest BCUT2D eigenvalue weighted by Crippen LogP contribution is -2.30. The molecule has 1 aromatic heterocycles. The van der Waals surface area contributed by atoms with Gasteiger partial charge in [0, 0.05) is 18.7 Å². The molecule has 0 unspecified atom stereocenters. The van der Waals surface area contributed by atoms with Crippen molar-refractivity contribution in [3.8, 4) is 0 Å². The molecular formula is C20H31N3O4. The van der Waals surface area contributed by atoms with Crippen LogP contribution in [0.15, 0.2) is 18.5 Å². The maximum atomic E-state index is 11.9. The molecule has 1 rings (SSSR count). The lowest BCUT2D eigenvalue weighted by molar-refractivity contribution is -0.385. The summed E-state index contributed by atoms with van der Waals surface area (Å²) >= 11 is 0. The minimum absolute atomic E-state index is 0.0106. The molecule has 2 amide bonds. The van der Waals surface area contributed by atoms with Gasteiger partial charge in [-0.15, -0.1) is 0 Å². The fraction of sp³-hybridized carbons (Fsp3) is 0.650. The SMILES string of the molecule is CCCCCCCCCCCCCC(=O)NC(=O)c1cncc([N+](=O)[O-])c1. The average Bonchev–Trinajstić information content (AvgIpc) is 2.66. The van der Waals surface area contributed by atoms with Crippen LogP contribution in [0.5, 0.6) is 0 Å². The summed E-state index contributed by atoms with van der Waals surface area (Å²) in [6.45, 7) is 2.22. The summed E-state index contributed by atoms with van der Waals surface area (Å²) in [4.78, 5) is 37.5. The summed E-state index contributed by atoms with van der Waals surface area (Å²) in [7, 11) is 0. The van der Waals surface area contributed by atoms with Crippen molar-refractivity contribution in [1.82, 2.24) is 10.3 Å². The van der Waals surface area contributed by atoms with E-state index in [1.54, 1.807) is 0 Å². The highest BCUT2D eigenvalue weighted by molar-refractivity contribution is 6.04. The predicted molar refractivity (Wildman–Crippen MR) is 104 cm³/mol. The molecule has 1 heterocycles. The summed E-state index contributed by atoms with van der Waals surface area (Å²) in [6, 6.07) is 1.11. The van der Waals surface area contributed by atoms with E-state index in [4.69, 9.17) is 0 Å². The van der Waals surface area contributed by atoms with E-state index < -0.39 is 10.8 Å². The molecule has 0 bridgehead atoms. The Bertz CT molecular complexity index is 605. The molecule has 0 radical (unpaired) electrons. The average molecular weight is 377 g/mol. The largest absolute Gasteiger partial charge is 0.292 e. The van der Waals surface area contributed by atoms with E-state index >= 15 is 0 Å². The second-order valence-corrected chi connectivity index (χ2v) is 6.85. The second kappa shape index (κ2) is 13.8. The van der Waals surface area contributed by atoms with Crippen molar-refractivity contribution in [2.45, 2.75) is 84.0 Å². The van der Waals surface area contributed by atoms with Crippen LogP contribution >= 0.6 is 0 Å². The Hall–Kier alpha value is -2.31. The van der Waals surface area contributed by atoms with Crippen LogP contribution in [-0.4, -0.2) is 21.7 Å². The molecule has 27 heavy (non-hydrogen) atoms. The van der Waals surface area contributed by atoms with E-state index in [0.29, 0.717) is 0 Å². The molecule has 0 aromatic carbocycles. The summed E-state index contributed by atoms with van der Waals surface area (Å²) in [6.07, 6.45) is 15.7. The number of hydrogen-bond donors (Lipinski definition) is 1. The van der Waals surface area contributed by atoms with Crippen LogP contribution in [0.2, 0.25) is 0 Å². The number of amides is 2. The molecule has 0 saturated heterocycles. The second-order valence-electron chi connectivity index (χ2n) is 6.85. The van der Waals surface area contributed by atoms with Crippen molar-refractivity contribution in [3.63, 3.8) is 0 Å². The predicted octanol–water partition coefficient (Wildman–Crippen LogP) is 4.95. The molecular weight excluding hydrogens is 346 g/mol. The molecule has 0 aliphatic carbocycles. The van der Waals surface area contributed by atoms with Crippen molar-refractivity contribution in [2.75, 3.05) is 0 Å². The molecule has 0 atom stereocenters. The van der Waals surface area contributed by atoms with Crippen LogP contribution in [0.1, 0.15) is 94.3 Å². The molecule has 0 fully saturated rings. The third-order valence-electron chi connectivity index (χ3n) is 4.46. The first kappa shape index (κ1) is 22.7. The van der Waals surface area contributed by atoms with Gasteiger partial charge < -0.3 is 0 Å². The van der Waals surface area contributed by atoms with Crippen molar-refractivity contribution in [2.24, 2.45) is 0 Å². The monoisotopic (exact) mass is 377 g/mol. The first-order valence-corrected chi connectivity index (χ1v) is 9.98. The van der Waals surface area contributed by atoms with Gasteiger partial charge in [-0.3, -0.25) is 30.0 Å². The van der Waals surface area contributed by atoms with E-state index in [9.17, 15) is 19.7 Å². The first-order chi connectivity index (χ1) is 13.0. The summed E-state index contributed by atoms with van der Waals surface area (Å²) < 4.78 is 0. The number of nitrogens with one attached hydrogen (secondary N) is 1. The highest BCUT2D eigenvalue weighted by Gasteiger charge is 2.14. The van der Waals surface area contributed by atoms with Gasteiger partial charge in [-0.1, -0.05) is 71.1 Å². The van der Waals surface area contributed by atoms with E-state index in [1.165, 1.54) is 57.6 Å². The Labute approximate surface area is 161 Å². The normalized spacial score (nSPS) is 10.6. The zero-order valence-electron chi connectivity index (χ0n) is 16.2. The van der Waals surface area contributed by atoms with E-state index in [-0.39, 0.29) is 23.6 Å². The molecule has 1 aromatic rings. The van der Waals surface area contributed by atoms with Crippen LogP contribution in [-0.2, 0) is 4.79 Å². The quantitative estimate of drug-likeness (QED) is 0.281. The third-order valence-corrected chi connectivity index (χ3v) is 4.46. The van der Waals surface area contributed by atoms with Crippen molar-refractivity contribution >= 4 is 17.5 Å². The van der Waals surface area contributed by atoms with Crippen LogP contribution < -0.4 is 5.32 Å². The van der Waals surface area contributed by atoms with Crippen molar-refractivity contribution in [3.05, 3.63) is 34.1 Å². The number of hydrogen-bond acceptors (Lipinski definition) is 5. The highest BCUT2D eigenvalue weighted by Crippen LogP contribution is 2.13. The van der Waals surface area contributed by atoms with Gasteiger partial charge in [0.1, 0.15) is 6.20 Å². The fourth-order valence-electron chi connectivity index (χ4n) is 2.86. The molecule has 7 nitrogen and oxygen atoms in total. The van der Waals surface area contributed by atoms with Crippen molar-refractivity contribution < 1.29 is 14.5 Å².